The molecule has 0 N–H and O–H groups in total. The number of hydrogen-bond donors (Lipinski definition) is 0. The van der Waals surface area contributed by atoms with Crippen molar-refractivity contribution in [1.82, 2.24) is 9.13 Å². The van der Waals surface area contributed by atoms with Gasteiger partial charge in [-0.2, -0.15) is 0 Å². The lowest BCUT2D eigenvalue weighted by Crippen LogP contribution is -1.93. The number of rotatable bonds is 6. The molecule has 0 atom stereocenters. The number of fused-ring (bicyclic) bond motifs is 6. The maximum Gasteiger partial charge on any atom is 0.0541 e. The first-order valence-electron chi connectivity index (χ1n) is 22.8. The molecule has 2 aromatic heterocycles. The quantitative estimate of drug-likeness (QED) is 0.148. The summed E-state index contributed by atoms with van der Waals surface area (Å²) in [4.78, 5) is 0. The molecule has 0 bridgehead atoms. The normalized spacial score (nSPS) is 11.9. The van der Waals surface area contributed by atoms with Crippen LogP contribution in [0.15, 0.2) is 243 Å². The van der Waals surface area contributed by atoms with Crippen molar-refractivity contribution in [3.63, 3.8) is 0 Å². The summed E-state index contributed by atoms with van der Waals surface area (Å²) in [5.74, 6) is 0. The molecule has 0 fully saturated rings. The van der Waals surface area contributed by atoms with Crippen LogP contribution in [0.2, 0.25) is 0 Å². The van der Waals surface area contributed by atoms with E-state index in [1.807, 2.05) is 0 Å². The summed E-state index contributed by atoms with van der Waals surface area (Å²) in [7, 11) is 0. The Morgan fingerprint density at radius 1 is 0.197 bits per heavy atom. The molecule has 0 saturated carbocycles. The van der Waals surface area contributed by atoms with Crippen LogP contribution in [0.4, 0.5) is 0 Å². The lowest BCUT2D eigenvalue weighted by atomic mass is 9.87. The first-order valence-corrected chi connectivity index (χ1v) is 22.8. The molecule has 14 aromatic rings. The number of hydrogen-bond acceptors (Lipinski definition) is 0. The fourth-order valence-corrected chi connectivity index (χ4v) is 11.0. The molecule has 0 aliphatic heterocycles. The highest BCUT2D eigenvalue weighted by atomic mass is 15.0. The molecule has 306 valence electrons. The van der Waals surface area contributed by atoms with E-state index < -0.39 is 0 Å². The summed E-state index contributed by atoms with van der Waals surface area (Å²) in [6.45, 7) is 0. The highest BCUT2D eigenvalue weighted by molar-refractivity contribution is 6.27. The summed E-state index contributed by atoms with van der Waals surface area (Å²) in [6.07, 6.45) is 0. The average molecular weight is 837 g/mol. The fraction of sp³-hybridized carbons (Fsp3) is 0. The van der Waals surface area contributed by atoms with Gasteiger partial charge in [-0.25, -0.2) is 0 Å². The highest BCUT2D eigenvalue weighted by Gasteiger charge is 2.17. The summed E-state index contributed by atoms with van der Waals surface area (Å²) in [5.41, 5.74) is 17.0. The Balaban J connectivity index is 0.773. The highest BCUT2D eigenvalue weighted by Crippen LogP contribution is 2.43. The van der Waals surface area contributed by atoms with Crippen molar-refractivity contribution in [2.75, 3.05) is 0 Å². The molecular formula is C64H40N2. The van der Waals surface area contributed by atoms with Gasteiger partial charge >= 0.3 is 0 Å². The topological polar surface area (TPSA) is 9.86 Å². The van der Waals surface area contributed by atoms with Crippen molar-refractivity contribution in [3.05, 3.63) is 243 Å². The van der Waals surface area contributed by atoms with Crippen molar-refractivity contribution in [1.29, 1.82) is 0 Å². The van der Waals surface area contributed by atoms with Gasteiger partial charge in [0.25, 0.3) is 0 Å². The van der Waals surface area contributed by atoms with E-state index in [-0.39, 0.29) is 0 Å². The number of para-hydroxylation sites is 4. The maximum atomic E-state index is 2.37. The van der Waals surface area contributed by atoms with Gasteiger partial charge in [0.15, 0.2) is 0 Å². The van der Waals surface area contributed by atoms with Gasteiger partial charge < -0.3 is 9.13 Å². The van der Waals surface area contributed by atoms with Gasteiger partial charge in [0, 0.05) is 32.9 Å². The Bertz CT molecular complexity index is 3790. The Labute approximate surface area is 381 Å². The molecule has 0 unspecified atom stereocenters. The third-order valence-electron chi connectivity index (χ3n) is 14.1. The van der Waals surface area contributed by atoms with E-state index in [2.05, 4.69) is 252 Å². The van der Waals surface area contributed by atoms with Crippen LogP contribution in [0, 0.1) is 0 Å². The van der Waals surface area contributed by atoms with E-state index in [1.165, 1.54) is 132 Å². The minimum absolute atomic E-state index is 1.17. The molecule has 0 aliphatic carbocycles. The van der Waals surface area contributed by atoms with Crippen LogP contribution in [-0.2, 0) is 0 Å². The lowest BCUT2D eigenvalue weighted by Gasteiger charge is -2.17. The van der Waals surface area contributed by atoms with Crippen LogP contribution in [0.5, 0.6) is 0 Å². The standard InChI is InChI=1S/C64H40N2/c1-5-13-59-53(9-1)54-10-2-6-14-60(54)65(59)49-33-25-43(26-34-49)41-17-21-45(22-18-41)51-37-29-47-32-40-58-52(38-30-48-31-39-57(51)63(47)64(48)58)46-23-19-42(20-24-46)44-27-35-50(36-28-44)66-61-15-7-3-11-55(61)56-12-4-8-16-62(56)66/h1-40H. The summed E-state index contributed by atoms with van der Waals surface area (Å²) < 4.78 is 4.75. The molecule has 0 saturated heterocycles. The van der Waals surface area contributed by atoms with Crippen LogP contribution in [0.1, 0.15) is 0 Å². The van der Waals surface area contributed by atoms with Crippen LogP contribution in [0.25, 0.3) is 132 Å². The summed E-state index contributed by atoms with van der Waals surface area (Å²) >= 11 is 0. The number of benzene rings is 12. The fourth-order valence-electron chi connectivity index (χ4n) is 11.0. The second kappa shape index (κ2) is 14.4. The van der Waals surface area contributed by atoms with E-state index in [0.29, 0.717) is 0 Å². The van der Waals surface area contributed by atoms with Crippen molar-refractivity contribution >= 4 is 75.9 Å². The molecular weight excluding hydrogens is 797 g/mol. The zero-order valence-electron chi connectivity index (χ0n) is 36.0. The third-order valence-corrected chi connectivity index (χ3v) is 14.1. The van der Waals surface area contributed by atoms with Crippen LogP contribution in [-0.4, -0.2) is 9.13 Å². The molecule has 2 heterocycles. The van der Waals surface area contributed by atoms with E-state index in [0.717, 1.165) is 0 Å². The Morgan fingerprint density at radius 2 is 0.470 bits per heavy atom. The van der Waals surface area contributed by atoms with Gasteiger partial charge in [-0.1, -0.05) is 194 Å². The molecule has 2 heteroatoms. The number of aromatic nitrogens is 2. The second-order valence-electron chi connectivity index (χ2n) is 17.6. The average Bonchev–Trinajstić information content (AvgIpc) is 3.91. The first-order chi connectivity index (χ1) is 32.7. The molecule has 0 spiro atoms. The molecule has 2 nitrogen and oxygen atoms in total. The predicted octanol–water partition coefficient (Wildman–Crippen LogP) is 17.4. The van der Waals surface area contributed by atoms with Gasteiger partial charge in [-0.3, -0.25) is 0 Å². The van der Waals surface area contributed by atoms with Gasteiger partial charge in [-0.15, -0.1) is 0 Å². The predicted molar refractivity (Wildman–Crippen MR) is 281 cm³/mol. The summed E-state index contributed by atoms with van der Waals surface area (Å²) in [5, 5.41) is 12.9. The molecule has 0 radical (unpaired) electrons. The van der Waals surface area contributed by atoms with Gasteiger partial charge in [0.2, 0.25) is 0 Å². The summed E-state index contributed by atoms with van der Waals surface area (Å²) in [6, 6.07) is 89.4. The Morgan fingerprint density at radius 3 is 0.803 bits per heavy atom. The second-order valence-corrected chi connectivity index (χ2v) is 17.6. The van der Waals surface area contributed by atoms with Gasteiger partial charge in [0.1, 0.15) is 0 Å². The smallest absolute Gasteiger partial charge is 0.0541 e. The van der Waals surface area contributed by atoms with E-state index in [9.17, 15) is 0 Å². The largest absolute Gasteiger partial charge is 0.309 e. The lowest BCUT2D eigenvalue weighted by molar-refractivity contribution is 1.18. The minimum Gasteiger partial charge on any atom is -0.309 e. The molecule has 0 aliphatic rings. The number of nitrogens with zero attached hydrogens (tertiary/aromatic N) is 2. The van der Waals surface area contributed by atoms with Gasteiger partial charge in [0.05, 0.1) is 22.1 Å². The third kappa shape index (κ3) is 5.55. The van der Waals surface area contributed by atoms with Crippen LogP contribution in [0.3, 0.4) is 0 Å². The Hall–Kier alpha value is -8.72. The first kappa shape index (κ1) is 36.7. The molecule has 14 rings (SSSR count). The zero-order valence-corrected chi connectivity index (χ0v) is 36.0. The van der Waals surface area contributed by atoms with E-state index >= 15 is 0 Å². The van der Waals surface area contributed by atoms with Crippen molar-refractivity contribution in [2.45, 2.75) is 0 Å². The van der Waals surface area contributed by atoms with E-state index in [1.54, 1.807) is 0 Å². The van der Waals surface area contributed by atoms with Crippen molar-refractivity contribution in [2.24, 2.45) is 0 Å². The minimum atomic E-state index is 1.17. The maximum absolute atomic E-state index is 2.37. The van der Waals surface area contributed by atoms with E-state index in [4.69, 9.17) is 0 Å². The van der Waals surface area contributed by atoms with Crippen molar-refractivity contribution in [3.8, 4) is 55.9 Å². The molecule has 66 heavy (non-hydrogen) atoms. The van der Waals surface area contributed by atoms with Crippen molar-refractivity contribution < 1.29 is 0 Å². The Kier molecular flexibility index (Phi) is 8.02. The monoisotopic (exact) mass is 836 g/mol. The van der Waals surface area contributed by atoms with Crippen LogP contribution < -0.4 is 0 Å². The SMILES string of the molecule is c1ccc2c(c1)c1ccccc1n2-c1ccc(-c2ccc(-c3ccc4ccc5c(-c6ccc(-c7ccc(-n8c9ccccc9c9ccccc98)cc7)cc6)ccc6ccc3c4c65)cc2)cc1. The van der Waals surface area contributed by atoms with Gasteiger partial charge in [-0.05, 0) is 125 Å². The zero-order chi connectivity index (χ0) is 43.3. The molecule has 12 aromatic carbocycles. The van der Waals surface area contributed by atoms with Crippen LogP contribution >= 0.6 is 0 Å². The molecule has 0 amide bonds.